The smallest absolute Gasteiger partial charge is 0.123 e. The van der Waals surface area contributed by atoms with Gasteiger partial charge in [-0.3, -0.25) is 0 Å². The Morgan fingerprint density at radius 3 is 2.65 bits per heavy atom. The number of methoxy groups -OCH3 is 1. The standard InChI is InChI=1S/C14H12ClNO/c1-17-9-16-13-5-3-2-4-11(13)12-8-10(15)6-7-14(12)16/h2-8H,9H2,1H3. The molecule has 1 aromatic heterocycles. The third-order valence-corrected chi connectivity index (χ3v) is 3.23. The SMILES string of the molecule is COCn1c2ccccc2c2cc(Cl)ccc21. The fourth-order valence-electron chi connectivity index (χ4n) is 2.29. The third-order valence-electron chi connectivity index (χ3n) is 2.99. The van der Waals surface area contributed by atoms with Gasteiger partial charge in [0.1, 0.15) is 6.73 Å². The van der Waals surface area contributed by atoms with Crippen LogP contribution in [0.4, 0.5) is 0 Å². The van der Waals surface area contributed by atoms with E-state index in [1.807, 2.05) is 30.3 Å². The quantitative estimate of drug-likeness (QED) is 0.664. The van der Waals surface area contributed by atoms with Crippen molar-refractivity contribution in [1.82, 2.24) is 4.57 Å². The summed E-state index contributed by atoms with van der Waals surface area (Å²) < 4.78 is 7.42. The van der Waals surface area contributed by atoms with Crippen molar-refractivity contribution in [1.29, 1.82) is 0 Å². The van der Waals surface area contributed by atoms with Crippen LogP contribution < -0.4 is 0 Å². The molecule has 0 saturated carbocycles. The number of hydrogen-bond donors (Lipinski definition) is 0. The van der Waals surface area contributed by atoms with Crippen LogP contribution >= 0.6 is 11.6 Å². The summed E-state index contributed by atoms with van der Waals surface area (Å²) in [5.41, 5.74) is 2.32. The minimum Gasteiger partial charge on any atom is -0.364 e. The van der Waals surface area contributed by atoms with E-state index < -0.39 is 0 Å². The highest BCUT2D eigenvalue weighted by atomic mass is 35.5. The average molecular weight is 246 g/mol. The van der Waals surface area contributed by atoms with Crippen molar-refractivity contribution in [2.24, 2.45) is 0 Å². The van der Waals surface area contributed by atoms with Crippen molar-refractivity contribution >= 4 is 33.4 Å². The van der Waals surface area contributed by atoms with Gasteiger partial charge in [-0.15, -0.1) is 0 Å². The summed E-state index contributed by atoms with van der Waals surface area (Å²) in [6, 6.07) is 14.2. The lowest BCUT2D eigenvalue weighted by atomic mass is 10.2. The molecule has 2 nitrogen and oxygen atoms in total. The van der Waals surface area contributed by atoms with Gasteiger partial charge >= 0.3 is 0 Å². The molecule has 0 bridgehead atoms. The van der Waals surface area contributed by atoms with E-state index in [1.165, 1.54) is 16.3 Å². The number of fused-ring (bicyclic) bond motifs is 3. The van der Waals surface area contributed by atoms with Crippen LogP contribution in [0.5, 0.6) is 0 Å². The Hall–Kier alpha value is -1.51. The summed E-state index contributed by atoms with van der Waals surface area (Å²) in [6.45, 7) is 0.547. The molecule has 0 radical (unpaired) electrons. The summed E-state index contributed by atoms with van der Waals surface area (Å²) in [6.07, 6.45) is 0. The molecule has 3 heteroatoms. The molecule has 17 heavy (non-hydrogen) atoms. The molecule has 86 valence electrons. The van der Waals surface area contributed by atoms with Gasteiger partial charge in [-0.1, -0.05) is 29.8 Å². The number of ether oxygens (including phenoxy) is 1. The number of aromatic nitrogens is 1. The minimum atomic E-state index is 0.547. The maximum atomic E-state index is 6.06. The predicted molar refractivity (Wildman–Crippen MR) is 71.5 cm³/mol. The summed E-state index contributed by atoms with van der Waals surface area (Å²) >= 11 is 6.06. The molecule has 0 fully saturated rings. The van der Waals surface area contributed by atoms with Crippen molar-refractivity contribution in [3.8, 4) is 0 Å². The molecule has 0 aliphatic heterocycles. The molecular formula is C14H12ClNO. The molecule has 0 aliphatic carbocycles. The van der Waals surface area contributed by atoms with Gasteiger partial charge in [-0.2, -0.15) is 0 Å². The number of nitrogens with zero attached hydrogens (tertiary/aromatic N) is 1. The predicted octanol–water partition coefficient (Wildman–Crippen LogP) is 4.05. The first-order valence-corrected chi connectivity index (χ1v) is 5.84. The normalized spacial score (nSPS) is 11.4. The molecular weight excluding hydrogens is 234 g/mol. The molecule has 0 saturated heterocycles. The summed E-state index contributed by atoms with van der Waals surface area (Å²) in [5.74, 6) is 0. The number of para-hydroxylation sites is 1. The van der Waals surface area contributed by atoms with Gasteiger partial charge in [0.05, 0.1) is 11.0 Å². The second-order valence-electron chi connectivity index (χ2n) is 4.02. The van der Waals surface area contributed by atoms with Gasteiger partial charge < -0.3 is 9.30 Å². The molecule has 1 heterocycles. The maximum Gasteiger partial charge on any atom is 0.123 e. The monoisotopic (exact) mass is 245 g/mol. The topological polar surface area (TPSA) is 14.2 Å². The fourth-order valence-corrected chi connectivity index (χ4v) is 2.47. The minimum absolute atomic E-state index is 0.547. The first-order valence-electron chi connectivity index (χ1n) is 5.46. The zero-order valence-electron chi connectivity index (χ0n) is 9.48. The average Bonchev–Trinajstić information content (AvgIpc) is 2.65. The summed E-state index contributed by atoms with van der Waals surface area (Å²) in [5, 5.41) is 3.14. The van der Waals surface area contributed by atoms with E-state index in [9.17, 15) is 0 Å². The van der Waals surface area contributed by atoms with Crippen LogP contribution in [0, 0.1) is 0 Å². The van der Waals surface area contributed by atoms with Gasteiger partial charge in [0.15, 0.2) is 0 Å². The molecule has 0 N–H and O–H groups in total. The molecule has 2 aromatic carbocycles. The van der Waals surface area contributed by atoms with Crippen LogP contribution in [0.15, 0.2) is 42.5 Å². The van der Waals surface area contributed by atoms with E-state index in [0.29, 0.717) is 6.73 Å². The lowest BCUT2D eigenvalue weighted by molar-refractivity contribution is 0.138. The lowest BCUT2D eigenvalue weighted by Gasteiger charge is -2.04. The molecule has 0 aliphatic rings. The Balaban J connectivity index is 2.48. The Kier molecular flexibility index (Phi) is 2.54. The Morgan fingerprint density at radius 1 is 1.06 bits per heavy atom. The summed E-state index contributed by atoms with van der Waals surface area (Å²) in [4.78, 5) is 0. The van der Waals surface area contributed by atoms with Crippen molar-refractivity contribution in [3.05, 3.63) is 47.5 Å². The highest BCUT2D eigenvalue weighted by Crippen LogP contribution is 2.30. The number of benzene rings is 2. The maximum absolute atomic E-state index is 6.06. The molecule has 0 unspecified atom stereocenters. The van der Waals surface area contributed by atoms with E-state index >= 15 is 0 Å². The van der Waals surface area contributed by atoms with Gasteiger partial charge in [0.25, 0.3) is 0 Å². The second-order valence-corrected chi connectivity index (χ2v) is 4.46. The van der Waals surface area contributed by atoms with Crippen LogP contribution in [-0.2, 0) is 11.5 Å². The van der Waals surface area contributed by atoms with E-state index in [-0.39, 0.29) is 0 Å². The van der Waals surface area contributed by atoms with Crippen molar-refractivity contribution in [3.63, 3.8) is 0 Å². The van der Waals surface area contributed by atoms with Crippen LogP contribution in [0.25, 0.3) is 21.8 Å². The zero-order valence-corrected chi connectivity index (χ0v) is 10.2. The van der Waals surface area contributed by atoms with Crippen molar-refractivity contribution in [2.45, 2.75) is 6.73 Å². The molecule has 0 amide bonds. The third kappa shape index (κ3) is 1.61. The highest BCUT2D eigenvalue weighted by molar-refractivity contribution is 6.31. The van der Waals surface area contributed by atoms with Gasteiger partial charge in [-0.05, 0) is 24.3 Å². The first-order chi connectivity index (χ1) is 8.31. The molecule has 3 aromatic rings. The Bertz CT molecular complexity index is 687. The summed E-state index contributed by atoms with van der Waals surface area (Å²) in [7, 11) is 1.70. The Morgan fingerprint density at radius 2 is 1.82 bits per heavy atom. The van der Waals surface area contributed by atoms with E-state index in [0.717, 1.165) is 10.5 Å². The van der Waals surface area contributed by atoms with Crippen molar-refractivity contribution < 1.29 is 4.74 Å². The van der Waals surface area contributed by atoms with Gasteiger partial charge in [0.2, 0.25) is 0 Å². The van der Waals surface area contributed by atoms with Gasteiger partial charge in [-0.25, -0.2) is 0 Å². The van der Waals surface area contributed by atoms with Crippen LogP contribution in [0.2, 0.25) is 5.02 Å². The second kappa shape index (κ2) is 4.06. The van der Waals surface area contributed by atoms with Gasteiger partial charge in [0, 0.05) is 22.9 Å². The Labute approximate surface area is 104 Å². The molecule has 0 atom stereocenters. The number of halogens is 1. The largest absolute Gasteiger partial charge is 0.364 e. The lowest BCUT2D eigenvalue weighted by Crippen LogP contribution is -1.98. The van der Waals surface area contributed by atoms with E-state index in [1.54, 1.807) is 7.11 Å². The van der Waals surface area contributed by atoms with Crippen LogP contribution in [0.3, 0.4) is 0 Å². The highest BCUT2D eigenvalue weighted by Gasteiger charge is 2.09. The van der Waals surface area contributed by atoms with Crippen molar-refractivity contribution in [2.75, 3.05) is 7.11 Å². The number of hydrogen-bond acceptors (Lipinski definition) is 1. The fraction of sp³-hybridized carbons (Fsp3) is 0.143. The zero-order chi connectivity index (χ0) is 11.8. The van der Waals surface area contributed by atoms with Crippen LogP contribution in [0.1, 0.15) is 0 Å². The van der Waals surface area contributed by atoms with E-state index in [2.05, 4.69) is 16.7 Å². The van der Waals surface area contributed by atoms with Crippen LogP contribution in [-0.4, -0.2) is 11.7 Å². The molecule has 0 spiro atoms. The molecule has 3 rings (SSSR count). The van der Waals surface area contributed by atoms with E-state index in [4.69, 9.17) is 16.3 Å². The number of rotatable bonds is 2. The first kappa shape index (κ1) is 10.6.